The molecule has 2 nitrogen and oxygen atoms in total. The van der Waals surface area contributed by atoms with Crippen molar-refractivity contribution in [3.05, 3.63) is 29.8 Å². The van der Waals surface area contributed by atoms with Crippen molar-refractivity contribution in [3.63, 3.8) is 0 Å². The van der Waals surface area contributed by atoms with Crippen molar-refractivity contribution in [1.29, 1.82) is 0 Å². The van der Waals surface area contributed by atoms with Crippen LogP contribution in [-0.2, 0) is 0 Å². The Hall–Kier alpha value is -0.960. The molecule has 1 fully saturated rings. The largest absolute Gasteiger partial charge is 0.351 e. The zero-order valence-corrected chi connectivity index (χ0v) is 11.1. The molecule has 0 aromatic heterocycles. The average Bonchev–Trinajstić information content (AvgIpc) is 2.28. The summed E-state index contributed by atoms with van der Waals surface area (Å²) in [5.74, 6) is 0.0145. The first-order valence-corrected chi connectivity index (χ1v) is 6.67. The van der Waals surface area contributed by atoms with Crippen LogP contribution in [0.3, 0.4) is 0 Å². The molecule has 92 valence electrons. The van der Waals surface area contributed by atoms with Crippen molar-refractivity contribution in [1.82, 2.24) is 5.32 Å². The summed E-state index contributed by atoms with van der Waals surface area (Å²) in [6.07, 6.45) is 4.95. The zero-order valence-electron chi connectivity index (χ0n) is 10.2. The summed E-state index contributed by atoms with van der Waals surface area (Å²) in [5, 5.41) is 3.05. The first kappa shape index (κ1) is 12.5. The molecule has 0 bridgehead atoms. The Balaban J connectivity index is 1.93. The molecule has 1 aromatic carbocycles. The van der Waals surface area contributed by atoms with Gasteiger partial charge in [-0.2, -0.15) is 0 Å². The van der Waals surface area contributed by atoms with Crippen molar-refractivity contribution < 1.29 is 4.79 Å². The lowest BCUT2D eigenvalue weighted by Gasteiger charge is -2.41. The summed E-state index contributed by atoms with van der Waals surface area (Å²) in [6.45, 7) is 3.01. The van der Waals surface area contributed by atoms with Crippen LogP contribution in [0.5, 0.6) is 0 Å². The molecule has 1 amide bonds. The Bertz CT molecular complexity index is 407. The van der Waals surface area contributed by atoms with E-state index in [0.717, 1.165) is 17.9 Å². The number of hydrogen-bond acceptors (Lipinski definition) is 2. The second-order valence-corrected chi connectivity index (χ2v) is 5.46. The summed E-state index contributed by atoms with van der Waals surface area (Å²) >= 11 is 4.24. The Morgan fingerprint density at radius 2 is 2.24 bits per heavy atom. The second kappa shape index (κ2) is 5.13. The minimum absolute atomic E-state index is 0.0145. The number of nitrogens with one attached hydrogen (secondary N) is 1. The first-order valence-electron chi connectivity index (χ1n) is 6.22. The molecule has 1 aliphatic rings. The van der Waals surface area contributed by atoms with Crippen molar-refractivity contribution in [2.75, 3.05) is 6.54 Å². The molecular formula is C14H19NOS. The molecule has 0 spiro atoms. The highest BCUT2D eigenvalue weighted by atomic mass is 32.1. The molecule has 1 N–H and O–H groups in total. The molecule has 3 heteroatoms. The van der Waals surface area contributed by atoms with Crippen LogP contribution >= 0.6 is 12.6 Å². The lowest BCUT2D eigenvalue weighted by molar-refractivity contribution is 0.0850. The van der Waals surface area contributed by atoms with Gasteiger partial charge in [0.2, 0.25) is 0 Å². The molecule has 1 aliphatic carbocycles. The average molecular weight is 249 g/mol. The molecule has 0 heterocycles. The molecule has 0 aliphatic heterocycles. The topological polar surface area (TPSA) is 29.1 Å². The van der Waals surface area contributed by atoms with Gasteiger partial charge in [-0.15, -0.1) is 12.6 Å². The number of rotatable bonds is 4. The number of hydrogen-bond donors (Lipinski definition) is 2. The van der Waals surface area contributed by atoms with E-state index in [1.807, 2.05) is 18.2 Å². The fourth-order valence-corrected chi connectivity index (χ4v) is 2.57. The maximum absolute atomic E-state index is 12.0. The molecular weight excluding hydrogens is 230 g/mol. The summed E-state index contributed by atoms with van der Waals surface area (Å²) in [4.78, 5) is 12.8. The van der Waals surface area contributed by atoms with E-state index in [1.54, 1.807) is 6.07 Å². The smallest absolute Gasteiger partial charge is 0.251 e. The third-order valence-electron chi connectivity index (χ3n) is 3.90. The predicted octanol–water partition coefficient (Wildman–Crippen LogP) is 3.29. The summed E-state index contributed by atoms with van der Waals surface area (Å²) in [5.41, 5.74) is 1.07. The van der Waals surface area contributed by atoms with E-state index in [0.29, 0.717) is 11.0 Å². The van der Waals surface area contributed by atoms with Gasteiger partial charge in [-0.3, -0.25) is 4.79 Å². The Morgan fingerprint density at radius 1 is 1.47 bits per heavy atom. The lowest BCUT2D eigenvalue weighted by Crippen LogP contribution is -2.41. The summed E-state index contributed by atoms with van der Waals surface area (Å²) in [7, 11) is 0. The van der Waals surface area contributed by atoms with Crippen LogP contribution in [0.15, 0.2) is 29.2 Å². The molecule has 0 saturated heterocycles. The van der Waals surface area contributed by atoms with Gasteiger partial charge in [-0.1, -0.05) is 19.4 Å². The summed E-state index contributed by atoms with van der Waals surface area (Å²) in [6, 6.07) is 7.36. The van der Waals surface area contributed by atoms with E-state index in [9.17, 15) is 4.79 Å². The highest BCUT2D eigenvalue weighted by Gasteiger charge is 2.35. The number of amides is 1. The van der Waals surface area contributed by atoms with Crippen LogP contribution in [0, 0.1) is 5.41 Å². The van der Waals surface area contributed by atoms with E-state index >= 15 is 0 Å². The Kier molecular flexibility index (Phi) is 3.77. The molecule has 17 heavy (non-hydrogen) atoms. The van der Waals surface area contributed by atoms with E-state index in [1.165, 1.54) is 19.3 Å². The van der Waals surface area contributed by atoms with E-state index in [-0.39, 0.29) is 5.91 Å². The van der Waals surface area contributed by atoms with Crippen LogP contribution in [0.2, 0.25) is 0 Å². The van der Waals surface area contributed by atoms with Gasteiger partial charge in [0.05, 0.1) is 0 Å². The minimum atomic E-state index is 0.0145. The van der Waals surface area contributed by atoms with Gasteiger partial charge in [0.1, 0.15) is 0 Å². The van der Waals surface area contributed by atoms with Crippen molar-refractivity contribution in [2.45, 2.75) is 37.5 Å². The molecule has 1 aromatic rings. The van der Waals surface area contributed by atoms with Gasteiger partial charge in [0.15, 0.2) is 0 Å². The zero-order chi connectivity index (χ0) is 12.3. The molecule has 0 atom stereocenters. The van der Waals surface area contributed by atoms with Gasteiger partial charge >= 0.3 is 0 Å². The Labute approximate surface area is 108 Å². The molecule has 1 saturated carbocycles. The van der Waals surface area contributed by atoms with E-state index < -0.39 is 0 Å². The third kappa shape index (κ3) is 2.83. The number of carbonyl (C=O) groups is 1. The fourth-order valence-electron chi connectivity index (χ4n) is 2.35. The molecule has 0 radical (unpaired) electrons. The van der Waals surface area contributed by atoms with Crippen molar-refractivity contribution in [2.24, 2.45) is 5.41 Å². The van der Waals surface area contributed by atoms with E-state index in [4.69, 9.17) is 0 Å². The Morgan fingerprint density at radius 3 is 2.76 bits per heavy atom. The van der Waals surface area contributed by atoms with Gasteiger partial charge in [0.25, 0.3) is 5.91 Å². The van der Waals surface area contributed by atoms with Crippen molar-refractivity contribution in [3.8, 4) is 0 Å². The van der Waals surface area contributed by atoms with Crippen LogP contribution in [0.4, 0.5) is 0 Å². The minimum Gasteiger partial charge on any atom is -0.351 e. The van der Waals surface area contributed by atoms with Gasteiger partial charge in [-0.05, 0) is 42.9 Å². The first-order chi connectivity index (χ1) is 8.15. The van der Waals surface area contributed by atoms with Crippen LogP contribution in [0.25, 0.3) is 0 Å². The highest BCUT2D eigenvalue weighted by molar-refractivity contribution is 7.80. The fraction of sp³-hybridized carbons (Fsp3) is 0.500. The standard InChI is InChI=1S/C14H19NOS/c1-2-14(7-4-8-14)10-15-13(16)11-5-3-6-12(17)9-11/h3,5-6,9,17H,2,4,7-8,10H2,1H3,(H,15,16). The van der Waals surface area contributed by atoms with Crippen molar-refractivity contribution >= 4 is 18.5 Å². The highest BCUT2D eigenvalue weighted by Crippen LogP contribution is 2.43. The van der Waals surface area contributed by atoms with Crippen LogP contribution in [0.1, 0.15) is 43.0 Å². The van der Waals surface area contributed by atoms with E-state index in [2.05, 4.69) is 24.9 Å². The number of carbonyl (C=O) groups excluding carboxylic acids is 1. The monoisotopic (exact) mass is 249 g/mol. The summed E-state index contributed by atoms with van der Waals surface area (Å²) < 4.78 is 0. The predicted molar refractivity (Wildman–Crippen MR) is 72.6 cm³/mol. The maximum Gasteiger partial charge on any atom is 0.251 e. The SMILES string of the molecule is CCC1(CNC(=O)c2cccc(S)c2)CCC1. The number of benzene rings is 1. The normalized spacial score (nSPS) is 17.3. The lowest BCUT2D eigenvalue weighted by atomic mass is 9.67. The van der Waals surface area contributed by atoms with Gasteiger partial charge in [0, 0.05) is 17.0 Å². The maximum atomic E-state index is 12.0. The van der Waals surface area contributed by atoms with Gasteiger partial charge < -0.3 is 5.32 Å². The number of thiol groups is 1. The molecule has 2 rings (SSSR count). The third-order valence-corrected chi connectivity index (χ3v) is 4.17. The van der Waals surface area contributed by atoms with Crippen LogP contribution in [-0.4, -0.2) is 12.5 Å². The van der Waals surface area contributed by atoms with Crippen LogP contribution < -0.4 is 5.32 Å². The quantitative estimate of drug-likeness (QED) is 0.788. The van der Waals surface area contributed by atoms with Gasteiger partial charge in [-0.25, -0.2) is 0 Å². The second-order valence-electron chi connectivity index (χ2n) is 4.94. The molecule has 0 unspecified atom stereocenters.